The van der Waals surface area contributed by atoms with Gasteiger partial charge in [0.15, 0.2) is 0 Å². The Bertz CT molecular complexity index is 290. The molecule has 0 aliphatic carbocycles. The number of hydrogen-bond acceptors (Lipinski definition) is 2. The molecule has 0 fully saturated rings. The van der Waals surface area contributed by atoms with Crippen LogP contribution in [0.3, 0.4) is 0 Å². The zero-order chi connectivity index (χ0) is 17.7. The maximum atomic E-state index is 11.2. The van der Waals surface area contributed by atoms with Crippen molar-refractivity contribution in [2.75, 3.05) is 20.1 Å². The largest absolute Gasteiger partial charge is 0.355 e. The fourth-order valence-corrected chi connectivity index (χ4v) is 2.82. The summed E-state index contributed by atoms with van der Waals surface area (Å²) in [6, 6.07) is 0. The predicted molar refractivity (Wildman–Crippen MR) is 106 cm³/mol. The van der Waals surface area contributed by atoms with Gasteiger partial charge in [-0.3, -0.25) is 4.79 Å². The number of carbonyl (C=O) groups excluding carboxylic acids is 1. The average Bonchev–Trinajstić information content (AvgIpc) is 2.58. The summed E-state index contributed by atoms with van der Waals surface area (Å²) in [5, 5.41) is 5.78. The molecule has 0 aromatic carbocycles. The van der Waals surface area contributed by atoms with Gasteiger partial charge in [-0.2, -0.15) is 0 Å². The van der Waals surface area contributed by atoms with E-state index in [1.54, 1.807) is 7.05 Å². The van der Waals surface area contributed by atoms with Crippen LogP contribution in [0.1, 0.15) is 96.8 Å². The van der Waals surface area contributed by atoms with Gasteiger partial charge in [-0.1, -0.05) is 76.9 Å². The van der Waals surface area contributed by atoms with Gasteiger partial charge in [0.1, 0.15) is 0 Å². The minimum Gasteiger partial charge on any atom is -0.355 e. The smallest absolute Gasteiger partial charge is 0.233 e. The summed E-state index contributed by atoms with van der Waals surface area (Å²) in [5.41, 5.74) is 0. The van der Waals surface area contributed by atoms with Crippen LogP contribution in [0.2, 0.25) is 0 Å². The minimum atomic E-state index is 0.102. The number of allylic oxidation sites excluding steroid dienone is 2. The maximum absolute atomic E-state index is 11.2. The van der Waals surface area contributed by atoms with Crippen LogP contribution < -0.4 is 10.6 Å². The summed E-state index contributed by atoms with van der Waals surface area (Å²) in [5.74, 6) is 0.102. The standard InChI is InChI=1S/C21H42N2O/c1-3-4-5-6-7-8-9-10-11-12-13-14-15-16-17-18-19-23-21(24)20-22-2/h10-11,22H,3-9,12-20H2,1-2H3,(H,23,24)/b11-10-. The molecule has 0 saturated carbocycles. The highest BCUT2D eigenvalue weighted by atomic mass is 16.1. The summed E-state index contributed by atoms with van der Waals surface area (Å²) in [7, 11) is 1.80. The third kappa shape index (κ3) is 19.2. The van der Waals surface area contributed by atoms with Crippen molar-refractivity contribution in [2.45, 2.75) is 96.8 Å². The second kappa shape index (κ2) is 20.2. The molecule has 3 nitrogen and oxygen atoms in total. The van der Waals surface area contributed by atoms with E-state index >= 15 is 0 Å². The molecule has 24 heavy (non-hydrogen) atoms. The molecule has 0 radical (unpaired) electrons. The molecule has 1 amide bonds. The molecular formula is C21H42N2O. The van der Waals surface area contributed by atoms with E-state index in [-0.39, 0.29) is 5.91 Å². The number of rotatable bonds is 18. The number of amides is 1. The number of hydrogen-bond donors (Lipinski definition) is 2. The van der Waals surface area contributed by atoms with Crippen LogP contribution >= 0.6 is 0 Å². The van der Waals surface area contributed by atoms with Crippen molar-refractivity contribution in [3.8, 4) is 0 Å². The molecule has 3 heteroatoms. The van der Waals surface area contributed by atoms with Crippen molar-refractivity contribution >= 4 is 5.91 Å². The first kappa shape index (κ1) is 23.2. The highest BCUT2D eigenvalue weighted by Crippen LogP contribution is 2.09. The number of likely N-dealkylation sites (N-methyl/N-ethyl adjacent to an activating group) is 1. The summed E-state index contributed by atoms with van der Waals surface area (Å²) in [6.07, 6.45) is 23.3. The van der Waals surface area contributed by atoms with Crippen molar-refractivity contribution in [2.24, 2.45) is 0 Å². The van der Waals surface area contributed by atoms with Gasteiger partial charge >= 0.3 is 0 Å². The molecule has 2 N–H and O–H groups in total. The van der Waals surface area contributed by atoms with Gasteiger partial charge in [0.05, 0.1) is 6.54 Å². The van der Waals surface area contributed by atoms with E-state index < -0.39 is 0 Å². The van der Waals surface area contributed by atoms with Gasteiger partial charge in [-0.15, -0.1) is 0 Å². The van der Waals surface area contributed by atoms with Crippen LogP contribution in [0.25, 0.3) is 0 Å². The molecule has 0 rings (SSSR count). The van der Waals surface area contributed by atoms with E-state index in [2.05, 4.69) is 29.7 Å². The quantitative estimate of drug-likeness (QED) is 0.261. The summed E-state index contributed by atoms with van der Waals surface area (Å²) >= 11 is 0. The van der Waals surface area contributed by atoms with E-state index in [0.29, 0.717) is 6.54 Å². The molecule has 142 valence electrons. The predicted octanol–water partition coefficient (Wildman–Crippen LogP) is 5.36. The molecule has 0 aliphatic rings. The van der Waals surface area contributed by atoms with E-state index in [0.717, 1.165) is 13.0 Å². The molecule has 0 atom stereocenters. The van der Waals surface area contributed by atoms with Crippen molar-refractivity contribution in [1.82, 2.24) is 10.6 Å². The Morgan fingerprint density at radius 2 is 1.25 bits per heavy atom. The maximum Gasteiger partial charge on any atom is 0.233 e. The number of unbranched alkanes of at least 4 members (excludes halogenated alkanes) is 12. The zero-order valence-corrected chi connectivity index (χ0v) is 16.4. The molecule has 0 saturated heterocycles. The highest BCUT2D eigenvalue weighted by molar-refractivity contribution is 5.77. The van der Waals surface area contributed by atoms with Gasteiger partial charge < -0.3 is 10.6 Å². The van der Waals surface area contributed by atoms with E-state index in [1.165, 1.54) is 83.5 Å². The van der Waals surface area contributed by atoms with Gasteiger partial charge in [-0.25, -0.2) is 0 Å². The molecule has 0 aromatic heterocycles. The van der Waals surface area contributed by atoms with Crippen molar-refractivity contribution < 1.29 is 4.79 Å². The van der Waals surface area contributed by atoms with E-state index in [4.69, 9.17) is 0 Å². The van der Waals surface area contributed by atoms with E-state index in [1.807, 2.05) is 0 Å². The summed E-state index contributed by atoms with van der Waals surface area (Å²) < 4.78 is 0. The topological polar surface area (TPSA) is 41.1 Å². The zero-order valence-electron chi connectivity index (χ0n) is 16.4. The highest BCUT2D eigenvalue weighted by Gasteiger charge is 1.97. The first-order chi connectivity index (χ1) is 11.8. The lowest BCUT2D eigenvalue weighted by molar-refractivity contribution is -0.120. The summed E-state index contributed by atoms with van der Waals surface area (Å²) in [4.78, 5) is 11.2. The molecule has 0 unspecified atom stereocenters. The normalized spacial score (nSPS) is 11.2. The molecule has 0 bridgehead atoms. The van der Waals surface area contributed by atoms with E-state index in [9.17, 15) is 4.79 Å². The SMILES string of the molecule is CCCCCCCC/C=C\CCCCCCCCNC(=O)CNC. The first-order valence-electron chi connectivity index (χ1n) is 10.4. The van der Waals surface area contributed by atoms with Crippen LogP contribution in [0.5, 0.6) is 0 Å². The monoisotopic (exact) mass is 338 g/mol. The van der Waals surface area contributed by atoms with Crippen LogP contribution in [-0.2, 0) is 4.79 Å². The van der Waals surface area contributed by atoms with Crippen molar-refractivity contribution in [3.63, 3.8) is 0 Å². The molecular weight excluding hydrogens is 296 g/mol. The third-order valence-corrected chi connectivity index (χ3v) is 4.35. The Morgan fingerprint density at radius 3 is 1.79 bits per heavy atom. The van der Waals surface area contributed by atoms with Crippen LogP contribution in [0.4, 0.5) is 0 Å². The van der Waals surface area contributed by atoms with Crippen LogP contribution in [-0.4, -0.2) is 26.0 Å². The van der Waals surface area contributed by atoms with Gasteiger partial charge in [0, 0.05) is 6.54 Å². The Labute approximate surface area is 151 Å². The third-order valence-electron chi connectivity index (χ3n) is 4.35. The lowest BCUT2D eigenvalue weighted by Crippen LogP contribution is -2.32. The van der Waals surface area contributed by atoms with Gasteiger partial charge in [-0.05, 0) is 39.2 Å². The van der Waals surface area contributed by atoms with Crippen molar-refractivity contribution in [3.05, 3.63) is 12.2 Å². The number of nitrogens with one attached hydrogen (secondary N) is 2. The Balaban J connectivity index is 3.11. The Morgan fingerprint density at radius 1 is 0.750 bits per heavy atom. The van der Waals surface area contributed by atoms with Crippen molar-refractivity contribution in [1.29, 1.82) is 0 Å². The molecule has 0 spiro atoms. The lowest BCUT2D eigenvalue weighted by Gasteiger charge is -2.04. The molecule has 0 aromatic rings. The average molecular weight is 339 g/mol. The minimum absolute atomic E-state index is 0.102. The lowest BCUT2D eigenvalue weighted by atomic mass is 10.1. The Kier molecular flexibility index (Phi) is 19.5. The Hall–Kier alpha value is -0.830. The first-order valence-corrected chi connectivity index (χ1v) is 10.4. The van der Waals surface area contributed by atoms with Crippen LogP contribution in [0.15, 0.2) is 12.2 Å². The molecule has 0 heterocycles. The second-order valence-corrected chi connectivity index (χ2v) is 6.82. The number of carbonyl (C=O) groups is 1. The van der Waals surface area contributed by atoms with Crippen LogP contribution in [0, 0.1) is 0 Å². The molecule has 0 aliphatic heterocycles. The van der Waals surface area contributed by atoms with Gasteiger partial charge in [0.25, 0.3) is 0 Å². The summed E-state index contributed by atoms with van der Waals surface area (Å²) in [6.45, 7) is 3.52. The fraction of sp³-hybridized carbons (Fsp3) is 0.857. The second-order valence-electron chi connectivity index (χ2n) is 6.82. The van der Waals surface area contributed by atoms with Gasteiger partial charge in [0.2, 0.25) is 5.91 Å². The fourth-order valence-electron chi connectivity index (χ4n) is 2.82.